The van der Waals surface area contributed by atoms with Gasteiger partial charge in [-0.15, -0.1) is 0 Å². The van der Waals surface area contributed by atoms with Crippen molar-refractivity contribution in [3.8, 4) is 0 Å². The average molecular weight is 359 g/mol. The van der Waals surface area contributed by atoms with Gasteiger partial charge < -0.3 is 10.6 Å². The van der Waals surface area contributed by atoms with Crippen LogP contribution < -0.4 is 0 Å². The lowest BCUT2D eigenvalue weighted by molar-refractivity contribution is -0.133. The zero-order valence-electron chi connectivity index (χ0n) is 16.4. The van der Waals surface area contributed by atoms with Gasteiger partial charge in [-0.3, -0.25) is 4.79 Å². The Kier molecular flexibility index (Phi) is 4.64. The van der Waals surface area contributed by atoms with Crippen molar-refractivity contribution in [3.05, 3.63) is 5.53 Å². The van der Waals surface area contributed by atoms with Crippen LogP contribution >= 0.6 is 0 Å². The van der Waals surface area contributed by atoms with Crippen molar-refractivity contribution in [1.29, 1.82) is 0 Å². The van der Waals surface area contributed by atoms with Gasteiger partial charge in [0.15, 0.2) is 0 Å². The molecule has 0 bridgehead atoms. The molecule has 0 aromatic rings. The molecule has 0 saturated heterocycles. The van der Waals surface area contributed by atoms with Crippen molar-refractivity contribution >= 4 is 11.5 Å². The quantitative estimate of drug-likeness (QED) is 0.604. The summed E-state index contributed by atoms with van der Waals surface area (Å²) in [6, 6.07) is 0. The van der Waals surface area contributed by atoms with E-state index in [1.54, 1.807) is 0 Å². The van der Waals surface area contributed by atoms with E-state index in [0.29, 0.717) is 30.1 Å². The number of aliphatic hydroxyl groups excluding tert-OH is 1. The van der Waals surface area contributed by atoms with Gasteiger partial charge in [-0.1, -0.05) is 13.8 Å². The Balaban J connectivity index is 1.60. The molecule has 4 aliphatic carbocycles. The van der Waals surface area contributed by atoms with Gasteiger partial charge in [0.05, 0.1) is 5.92 Å². The molecule has 0 radical (unpaired) electrons. The fraction of sp³-hybridized carbons (Fsp3) is 0.909. The van der Waals surface area contributed by atoms with Crippen LogP contribution in [0.4, 0.5) is 0 Å². The molecule has 0 aromatic carbocycles. The largest absolute Gasteiger partial charge is 0.396 e. The van der Waals surface area contributed by atoms with Crippen LogP contribution in [0.2, 0.25) is 0 Å². The van der Waals surface area contributed by atoms with E-state index in [2.05, 4.69) is 18.6 Å². The van der Waals surface area contributed by atoms with Crippen LogP contribution in [0, 0.1) is 40.4 Å². The Hall–Kier alpha value is -0.990. The van der Waals surface area contributed by atoms with E-state index < -0.39 is 0 Å². The first-order valence-corrected chi connectivity index (χ1v) is 10.8. The predicted molar refractivity (Wildman–Crippen MR) is 101 cm³/mol. The molecule has 7 atom stereocenters. The molecule has 1 unspecified atom stereocenters. The molecule has 4 fully saturated rings. The van der Waals surface area contributed by atoms with Gasteiger partial charge in [-0.2, -0.15) is 4.79 Å². The van der Waals surface area contributed by atoms with Crippen LogP contribution in [-0.4, -0.2) is 28.0 Å². The van der Waals surface area contributed by atoms with Crippen LogP contribution in [0.1, 0.15) is 78.1 Å². The minimum atomic E-state index is 0.0685. The fourth-order valence-corrected chi connectivity index (χ4v) is 8.02. The lowest BCUT2D eigenvalue weighted by Gasteiger charge is -2.59. The lowest BCUT2D eigenvalue weighted by atomic mass is 9.44. The number of rotatable bonds is 3. The van der Waals surface area contributed by atoms with Crippen molar-refractivity contribution < 1.29 is 14.7 Å². The van der Waals surface area contributed by atoms with Gasteiger partial charge in [0.25, 0.3) is 0 Å². The lowest BCUT2D eigenvalue weighted by Crippen LogP contribution is -2.56. The third-order valence-electron chi connectivity index (χ3n) is 9.39. The molecule has 4 nitrogen and oxygen atoms in total. The average Bonchev–Trinajstić information content (AvgIpc) is 2.97. The molecule has 0 aliphatic heterocycles. The van der Waals surface area contributed by atoms with Crippen LogP contribution in [0.3, 0.4) is 0 Å². The molecule has 4 rings (SSSR count). The Morgan fingerprint density at radius 1 is 1.08 bits per heavy atom. The number of hydrogen-bond donors (Lipinski definition) is 1. The summed E-state index contributed by atoms with van der Waals surface area (Å²) in [7, 11) is 0. The second-order valence-corrected chi connectivity index (χ2v) is 10.1. The highest BCUT2D eigenvalue weighted by molar-refractivity contribution is 6.39. The fourth-order valence-electron chi connectivity index (χ4n) is 8.02. The van der Waals surface area contributed by atoms with Crippen molar-refractivity contribution in [2.24, 2.45) is 40.4 Å². The topological polar surface area (TPSA) is 73.7 Å². The third kappa shape index (κ3) is 2.48. The SMILES string of the molecule is C[C@]12CC[C@H]3[C@@H](CCC4C(=[N+]=[N-])C(=O)CC[C@@]43C)[C@@H]1CC[C@@H]2CCCO. The summed E-state index contributed by atoms with van der Waals surface area (Å²) < 4.78 is 0. The molecule has 4 aliphatic rings. The van der Waals surface area contributed by atoms with Gasteiger partial charge in [0, 0.05) is 13.0 Å². The first-order valence-electron chi connectivity index (χ1n) is 10.8. The second-order valence-electron chi connectivity index (χ2n) is 10.1. The molecule has 26 heavy (non-hydrogen) atoms. The summed E-state index contributed by atoms with van der Waals surface area (Å²) in [5.74, 6) is 3.23. The highest BCUT2D eigenvalue weighted by Crippen LogP contribution is 2.67. The number of aliphatic hydroxyl groups is 1. The van der Waals surface area contributed by atoms with Crippen molar-refractivity contribution in [2.75, 3.05) is 6.61 Å². The maximum atomic E-state index is 12.2. The van der Waals surface area contributed by atoms with E-state index >= 15 is 0 Å². The summed E-state index contributed by atoms with van der Waals surface area (Å²) >= 11 is 0. The zero-order valence-corrected chi connectivity index (χ0v) is 16.4. The summed E-state index contributed by atoms with van der Waals surface area (Å²) in [5.41, 5.74) is 10.5. The van der Waals surface area contributed by atoms with Gasteiger partial charge in [0.2, 0.25) is 5.78 Å². The number of carbonyl (C=O) groups excluding carboxylic acids is 1. The monoisotopic (exact) mass is 358 g/mol. The number of carbonyl (C=O) groups is 1. The Morgan fingerprint density at radius 3 is 2.58 bits per heavy atom. The maximum Gasteiger partial charge on any atom is 0.337 e. The molecule has 4 saturated carbocycles. The summed E-state index contributed by atoms with van der Waals surface area (Å²) in [4.78, 5) is 15.7. The summed E-state index contributed by atoms with van der Waals surface area (Å²) in [5, 5.41) is 9.27. The molecule has 0 amide bonds. The highest BCUT2D eigenvalue weighted by Gasteiger charge is 2.62. The van der Waals surface area contributed by atoms with Gasteiger partial charge in [-0.05, 0) is 92.3 Å². The molecule has 1 N–H and O–H groups in total. The minimum absolute atomic E-state index is 0.0685. The molecule has 0 spiro atoms. The standard InChI is InChI=1S/C22H34N2O2/c1-21-11-9-17-15(16(21)7-5-14(21)4-3-13-25)6-8-18-20(24-23)19(26)10-12-22(17,18)2/h14-18,25H,3-13H2,1-2H3/t14-,15-,16-,17-,18?,21+,22+/m0/s1. The molecule has 0 aromatic heterocycles. The molecule has 4 heteroatoms. The first-order chi connectivity index (χ1) is 12.5. The number of hydrogen-bond acceptors (Lipinski definition) is 2. The van der Waals surface area contributed by atoms with E-state index in [0.717, 1.165) is 37.0 Å². The first kappa shape index (κ1) is 18.4. The van der Waals surface area contributed by atoms with Gasteiger partial charge >= 0.3 is 5.71 Å². The number of nitrogens with zero attached hydrogens (tertiary/aromatic N) is 2. The summed E-state index contributed by atoms with van der Waals surface area (Å²) in [6.45, 7) is 5.23. The molecular weight excluding hydrogens is 324 g/mol. The number of ketones is 1. The van der Waals surface area contributed by atoms with Crippen LogP contribution in [0.15, 0.2) is 0 Å². The second kappa shape index (κ2) is 6.56. The van der Waals surface area contributed by atoms with E-state index in [4.69, 9.17) is 0 Å². The van der Waals surface area contributed by atoms with E-state index in [1.807, 2.05) is 0 Å². The Morgan fingerprint density at radius 2 is 1.85 bits per heavy atom. The van der Waals surface area contributed by atoms with Gasteiger partial charge in [0.1, 0.15) is 0 Å². The van der Waals surface area contributed by atoms with E-state index in [-0.39, 0.29) is 17.1 Å². The highest BCUT2D eigenvalue weighted by atomic mass is 16.2. The summed E-state index contributed by atoms with van der Waals surface area (Å²) in [6.07, 6.45) is 11.0. The van der Waals surface area contributed by atoms with Gasteiger partial charge in [-0.25, -0.2) is 0 Å². The number of Topliss-reactive ketones (excluding diaryl/α,β-unsaturated/α-hetero) is 1. The van der Waals surface area contributed by atoms with Crippen LogP contribution in [0.5, 0.6) is 0 Å². The van der Waals surface area contributed by atoms with Crippen molar-refractivity contribution in [3.63, 3.8) is 0 Å². The predicted octanol–water partition coefficient (Wildman–Crippen LogP) is 4.27. The molecular formula is C22H34N2O2. The van der Waals surface area contributed by atoms with E-state index in [9.17, 15) is 15.4 Å². The minimum Gasteiger partial charge on any atom is -0.396 e. The molecule has 0 heterocycles. The Labute approximate surface area is 157 Å². The zero-order chi connectivity index (χ0) is 18.5. The van der Waals surface area contributed by atoms with Crippen LogP contribution in [-0.2, 0) is 4.79 Å². The smallest absolute Gasteiger partial charge is 0.337 e. The maximum absolute atomic E-state index is 12.2. The van der Waals surface area contributed by atoms with Crippen molar-refractivity contribution in [2.45, 2.75) is 78.1 Å². The van der Waals surface area contributed by atoms with E-state index in [1.165, 1.54) is 38.5 Å². The normalized spacial score (nSPS) is 47.7. The molecule has 144 valence electrons. The Bertz CT molecular complexity index is 640. The number of fused-ring (bicyclic) bond motifs is 5. The third-order valence-corrected chi connectivity index (χ3v) is 9.39. The van der Waals surface area contributed by atoms with Crippen molar-refractivity contribution in [1.82, 2.24) is 0 Å². The van der Waals surface area contributed by atoms with Crippen LogP contribution in [0.25, 0.3) is 5.53 Å².